The van der Waals surface area contributed by atoms with Gasteiger partial charge in [-0.2, -0.15) is 5.26 Å². The molecule has 2 aromatic rings. The van der Waals surface area contributed by atoms with Crippen LogP contribution in [0.4, 0.5) is 5.69 Å². The highest BCUT2D eigenvalue weighted by molar-refractivity contribution is 6.01. The highest BCUT2D eigenvalue weighted by atomic mass is 16.5. The molecule has 2 N–H and O–H groups in total. The molecule has 2 unspecified atom stereocenters. The standard InChI is InChI=1S/C30H40N2O4/c1-6-20(18-33)11-9-8-10-19(3)24-15-25(22-12-13-26(35-4)23(14-22)16-31)27-21(7-2)17-32-29(27)28(24)30(34)36-5/h12-15,19-21,32-33H,6-11,17-18H2,1-5H3/t19?,20-,21?/m1/s1. The van der Waals surface area contributed by atoms with Crippen molar-refractivity contribution in [3.63, 3.8) is 0 Å². The van der Waals surface area contributed by atoms with Crippen LogP contribution in [0.25, 0.3) is 11.1 Å². The molecule has 194 valence electrons. The average Bonchev–Trinajstić information content (AvgIpc) is 3.35. The van der Waals surface area contributed by atoms with Gasteiger partial charge in [0.2, 0.25) is 0 Å². The molecule has 0 amide bonds. The third-order valence-corrected chi connectivity index (χ3v) is 7.71. The molecule has 0 spiro atoms. The highest BCUT2D eigenvalue weighted by Crippen LogP contribution is 2.47. The smallest absolute Gasteiger partial charge is 0.340 e. The Hall–Kier alpha value is -3.04. The van der Waals surface area contributed by atoms with E-state index >= 15 is 0 Å². The summed E-state index contributed by atoms with van der Waals surface area (Å²) in [5.74, 6) is 1.00. The van der Waals surface area contributed by atoms with Crippen molar-refractivity contribution in [2.24, 2.45) is 5.92 Å². The topological polar surface area (TPSA) is 91.6 Å². The van der Waals surface area contributed by atoms with Crippen molar-refractivity contribution in [2.75, 3.05) is 32.7 Å². The third kappa shape index (κ3) is 5.68. The van der Waals surface area contributed by atoms with E-state index in [-0.39, 0.29) is 24.4 Å². The quantitative estimate of drug-likeness (QED) is 0.255. The monoisotopic (exact) mass is 492 g/mol. The number of unbranched alkanes of at least 4 members (excludes halogenated alkanes) is 1. The van der Waals surface area contributed by atoms with E-state index in [1.807, 2.05) is 18.2 Å². The van der Waals surface area contributed by atoms with Gasteiger partial charge in [-0.25, -0.2) is 4.79 Å². The molecule has 1 heterocycles. The first-order chi connectivity index (χ1) is 17.4. The lowest BCUT2D eigenvalue weighted by Crippen LogP contribution is -2.12. The zero-order valence-corrected chi connectivity index (χ0v) is 22.3. The first-order valence-electron chi connectivity index (χ1n) is 13.2. The van der Waals surface area contributed by atoms with Crippen molar-refractivity contribution >= 4 is 11.7 Å². The molecule has 2 aromatic carbocycles. The number of hydrogen-bond donors (Lipinski definition) is 2. The minimum absolute atomic E-state index is 0.147. The number of benzene rings is 2. The number of methoxy groups -OCH3 is 2. The lowest BCUT2D eigenvalue weighted by atomic mass is 9.82. The molecule has 36 heavy (non-hydrogen) atoms. The average molecular weight is 493 g/mol. The first kappa shape index (κ1) is 27.5. The van der Waals surface area contributed by atoms with Crippen molar-refractivity contribution in [3.05, 3.63) is 46.5 Å². The van der Waals surface area contributed by atoms with Crippen LogP contribution in [0, 0.1) is 17.2 Å². The summed E-state index contributed by atoms with van der Waals surface area (Å²) in [6, 6.07) is 10.1. The summed E-state index contributed by atoms with van der Waals surface area (Å²) in [6.45, 7) is 7.45. The number of anilines is 1. The molecule has 3 atom stereocenters. The van der Waals surface area contributed by atoms with Gasteiger partial charge in [-0.15, -0.1) is 0 Å². The van der Waals surface area contributed by atoms with Crippen molar-refractivity contribution in [3.8, 4) is 22.9 Å². The van der Waals surface area contributed by atoms with Crippen LogP contribution in [0.1, 0.15) is 98.2 Å². The first-order valence-corrected chi connectivity index (χ1v) is 13.2. The Morgan fingerprint density at radius 2 is 1.97 bits per heavy atom. The van der Waals surface area contributed by atoms with Gasteiger partial charge in [0.15, 0.2) is 0 Å². The van der Waals surface area contributed by atoms with Gasteiger partial charge in [0.1, 0.15) is 11.8 Å². The second kappa shape index (κ2) is 12.8. The number of fused-ring (bicyclic) bond motifs is 1. The number of carbonyl (C=O) groups is 1. The van der Waals surface area contributed by atoms with E-state index in [1.165, 1.54) is 7.11 Å². The summed E-state index contributed by atoms with van der Waals surface area (Å²) >= 11 is 0. The minimum atomic E-state index is -0.317. The molecule has 0 saturated carbocycles. The van der Waals surface area contributed by atoms with Crippen LogP contribution in [0.15, 0.2) is 24.3 Å². The number of rotatable bonds is 12. The van der Waals surface area contributed by atoms with E-state index in [0.717, 1.165) is 73.0 Å². The molecule has 3 rings (SSSR count). The molecule has 0 aliphatic carbocycles. The van der Waals surface area contributed by atoms with E-state index in [2.05, 4.69) is 38.2 Å². The van der Waals surface area contributed by atoms with E-state index in [0.29, 0.717) is 22.8 Å². The van der Waals surface area contributed by atoms with Crippen molar-refractivity contribution in [1.82, 2.24) is 0 Å². The number of aliphatic hydroxyl groups excluding tert-OH is 1. The zero-order valence-electron chi connectivity index (χ0n) is 22.3. The SMILES string of the molecule is CCC1CNc2c(C(=O)OC)c(C(C)CCCC[C@@H](CC)CO)cc(-c3ccc(OC)c(C#N)c3)c21. The van der Waals surface area contributed by atoms with Gasteiger partial charge >= 0.3 is 5.97 Å². The highest BCUT2D eigenvalue weighted by Gasteiger charge is 2.33. The molecule has 0 saturated heterocycles. The molecule has 0 radical (unpaired) electrons. The second-order valence-electron chi connectivity index (χ2n) is 9.82. The molecule has 0 bridgehead atoms. The molecule has 6 heteroatoms. The summed E-state index contributed by atoms with van der Waals surface area (Å²) in [6.07, 6.45) is 5.96. The predicted octanol–water partition coefficient (Wildman–Crippen LogP) is 6.62. The van der Waals surface area contributed by atoms with Crippen LogP contribution in [-0.2, 0) is 4.74 Å². The summed E-state index contributed by atoms with van der Waals surface area (Å²) in [4.78, 5) is 13.1. The van der Waals surface area contributed by atoms with Gasteiger partial charge in [-0.3, -0.25) is 0 Å². The fourth-order valence-corrected chi connectivity index (χ4v) is 5.38. The molecule has 0 fully saturated rings. The van der Waals surface area contributed by atoms with Crippen molar-refractivity contribution in [2.45, 2.75) is 71.1 Å². The van der Waals surface area contributed by atoms with E-state index in [1.54, 1.807) is 7.11 Å². The van der Waals surface area contributed by atoms with Crippen LogP contribution in [0.2, 0.25) is 0 Å². The fourth-order valence-electron chi connectivity index (χ4n) is 5.38. The lowest BCUT2D eigenvalue weighted by Gasteiger charge is -2.23. The maximum Gasteiger partial charge on any atom is 0.340 e. The number of esters is 1. The number of nitrogens with one attached hydrogen (secondary N) is 1. The Bertz CT molecular complexity index is 1100. The van der Waals surface area contributed by atoms with Crippen LogP contribution in [0.5, 0.6) is 5.75 Å². The van der Waals surface area contributed by atoms with E-state index in [4.69, 9.17) is 9.47 Å². The van der Waals surface area contributed by atoms with Gasteiger partial charge in [-0.05, 0) is 71.6 Å². The molecular weight excluding hydrogens is 452 g/mol. The van der Waals surface area contributed by atoms with Crippen LogP contribution in [0.3, 0.4) is 0 Å². The predicted molar refractivity (Wildman–Crippen MR) is 144 cm³/mol. The molecule has 1 aliphatic heterocycles. The minimum Gasteiger partial charge on any atom is -0.495 e. The Morgan fingerprint density at radius 1 is 1.22 bits per heavy atom. The Morgan fingerprint density at radius 3 is 2.58 bits per heavy atom. The molecule has 6 nitrogen and oxygen atoms in total. The Balaban J connectivity index is 2.08. The van der Waals surface area contributed by atoms with Crippen LogP contribution in [-0.4, -0.2) is 38.4 Å². The summed E-state index contributed by atoms with van der Waals surface area (Å²) in [7, 11) is 3.00. The second-order valence-corrected chi connectivity index (χ2v) is 9.82. The normalized spacial score (nSPS) is 16.0. The van der Waals surface area contributed by atoms with Gasteiger partial charge in [0.25, 0.3) is 0 Å². The van der Waals surface area contributed by atoms with Gasteiger partial charge in [0.05, 0.1) is 31.0 Å². The molecule has 1 aliphatic rings. The van der Waals surface area contributed by atoms with Crippen LogP contribution >= 0.6 is 0 Å². The number of ether oxygens (including phenoxy) is 2. The number of hydrogen-bond acceptors (Lipinski definition) is 6. The number of nitrogens with zero attached hydrogens (tertiary/aromatic N) is 1. The van der Waals surface area contributed by atoms with E-state index < -0.39 is 0 Å². The lowest BCUT2D eigenvalue weighted by molar-refractivity contribution is 0.0600. The maximum atomic E-state index is 13.1. The fraction of sp³-hybridized carbons (Fsp3) is 0.533. The van der Waals surface area contributed by atoms with Crippen LogP contribution < -0.4 is 10.1 Å². The van der Waals surface area contributed by atoms with Gasteiger partial charge in [0, 0.05) is 19.1 Å². The third-order valence-electron chi connectivity index (χ3n) is 7.71. The largest absolute Gasteiger partial charge is 0.495 e. The molecular formula is C30H40N2O4. The van der Waals surface area contributed by atoms with Crippen molar-refractivity contribution < 1.29 is 19.4 Å². The number of nitriles is 1. The Labute approximate surface area is 215 Å². The van der Waals surface area contributed by atoms with Gasteiger partial charge in [-0.1, -0.05) is 46.1 Å². The summed E-state index contributed by atoms with van der Waals surface area (Å²) in [5.41, 5.74) is 6.10. The Kier molecular flexibility index (Phi) is 9.78. The van der Waals surface area contributed by atoms with Gasteiger partial charge < -0.3 is 19.9 Å². The zero-order chi connectivity index (χ0) is 26.2. The number of aliphatic hydroxyl groups is 1. The maximum absolute atomic E-state index is 13.1. The summed E-state index contributed by atoms with van der Waals surface area (Å²) in [5, 5.41) is 22.7. The molecule has 0 aromatic heterocycles. The van der Waals surface area contributed by atoms with E-state index in [9.17, 15) is 15.2 Å². The summed E-state index contributed by atoms with van der Waals surface area (Å²) < 4.78 is 10.6. The number of carbonyl (C=O) groups excluding carboxylic acids is 1. The van der Waals surface area contributed by atoms with Crippen molar-refractivity contribution in [1.29, 1.82) is 5.26 Å².